The van der Waals surface area contributed by atoms with Crippen LogP contribution >= 0.6 is 0 Å². The Labute approximate surface area is 158 Å². The second-order valence-electron chi connectivity index (χ2n) is 6.60. The van der Waals surface area contributed by atoms with Crippen LogP contribution in [0, 0.1) is 18.3 Å². The average Bonchev–Trinajstić information content (AvgIpc) is 3.02. The molecule has 0 aliphatic rings. The minimum Gasteiger partial charge on any atom is -0.351 e. The molecular formula is C21H23N5O. The van der Waals surface area contributed by atoms with Crippen LogP contribution in [-0.2, 0) is 7.05 Å². The van der Waals surface area contributed by atoms with Crippen LogP contribution in [0.1, 0.15) is 47.9 Å². The minimum absolute atomic E-state index is 0.219. The molecular weight excluding hydrogens is 338 g/mol. The zero-order valence-electron chi connectivity index (χ0n) is 15.9. The van der Waals surface area contributed by atoms with E-state index in [9.17, 15) is 10.1 Å². The highest BCUT2D eigenvalue weighted by Crippen LogP contribution is 2.32. The normalized spacial score (nSPS) is 10.7. The van der Waals surface area contributed by atoms with Gasteiger partial charge in [0.05, 0.1) is 17.3 Å². The van der Waals surface area contributed by atoms with Gasteiger partial charge in [-0.25, -0.2) is 4.98 Å². The Balaban J connectivity index is 2.12. The molecule has 6 nitrogen and oxygen atoms in total. The summed E-state index contributed by atoms with van der Waals surface area (Å²) in [4.78, 5) is 17.2. The largest absolute Gasteiger partial charge is 0.351 e. The van der Waals surface area contributed by atoms with E-state index in [1.54, 1.807) is 23.0 Å². The number of benzene rings is 1. The second kappa shape index (κ2) is 8.00. The summed E-state index contributed by atoms with van der Waals surface area (Å²) in [7, 11) is 1.88. The van der Waals surface area contributed by atoms with Crippen molar-refractivity contribution in [3.05, 3.63) is 47.4 Å². The maximum absolute atomic E-state index is 12.6. The molecule has 138 valence electrons. The molecule has 1 aromatic carbocycles. The zero-order valence-corrected chi connectivity index (χ0v) is 15.9. The lowest BCUT2D eigenvalue weighted by molar-refractivity contribution is 0.0948. The van der Waals surface area contributed by atoms with Crippen LogP contribution in [0.2, 0.25) is 0 Å². The first-order valence-corrected chi connectivity index (χ1v) is 9.17. The molecule has 0 radical (unpaired) electrons. The standard InChI is InChI=1S/C21H23N5O/c1-4-5-6-10-23-21(27)19-11-17(18-13-24-26(3)14(18)2)16-9-7-8-15(12-22)20(16)25-19/h7-9,11,13H,4-6,10H2,1-3H3,(H,23,27). The number of nitriles is 1. The van der Waals surface area contributed by atoms with Crippen LogP contribution in [0.4, 0.5) is 0 Å². The number of pyridine rings is 1. The maximum Gasteiger partial charge on any atom is 0.269 e. The summed E-state index contributed by atoms with van der Waals surface area (Å²) in [6.45, 7) is 4.72. The number of hydrogen-bond acceptors (Lipinski definition) is 4. The second-order valence-corrected chi connectivity index (χ2v) is 6.60. The number of aromatic nitrogens is 3. The number of unbranched alkanes of at least 4 members (excludes halogenated alkanes) is 2. The fourth-order valence-corrected chi connectivity index (χ4v) is 3.11. The number of nitrogens with one attached hydrogen (secondary N) is 1. The van der Waals surface area contributed by atoms with Crippen molar-refractivity contribution in [1.29, 1.82) is 5.26 Å². The van der Waals surface area contributed by atoms with Crippen molar-refractivity contribution < 1.29 is 4.79 Å². The number of para-hydroxylation sites is 1. The summed E-state index contributed by atoms with van der Waals surface area (Å²) >= 11 is 0. The molecule has 3 rings (SSSR count). The molecule has 0 saturated heterocycles. The van der Waals surface area contributed by atoms with Crippen molar-refractivity contribution in [2.75, 3.05) is 6.54 Å². The molecule has 0 atom stereocenters. The maximum atomic E-state index is 12.6. The number of amides is 1. The summed E-state index contributed by atoms with van der Waals surface area (Å²) in [5, 5.41) is 17.6. The Hall–Kier alpha value is -3.20. The SMILES string of the molecule is CCCCCNC(=O)c1cc(-c2cnn(C)c2C)c2cccc(C#N)c2n1. The van der Waals surface area contributed by atoms with E-state index >= 15 is 0 Å². The highest BCUT2D eigenvalue weighted by atomic mass is 16.1. The molecule has 0 saturated carbocycles. The molecule has 0 bridgehead atoms. The van der Waals surface area contributed by atoms with E-state index in [-0.39, 0.29) is 5.91 Å². The minimum atomic E-state index is -0.219. The molecule has 0 aliphatic carbocycles. The Morgan fingerprint density at radius 1 is 1.30 bits per heavy atom. The van der Waals surface area contributed by atoms with E-state index in [4.69, 9.17) is 0 Å². The fraction of sp³-hybridized carbons (Fsp3) is 0.333. The first-order chi connectivity index (χ1) is 13.1. The lowest BCUT2D eigenvalue weighted by Gasteiger charge is -2.11. The lowest BCUT2D eigenvalue weighted by atomic mass is 9.98. The van der Waals surface area contributed by atoms with Gasteiger partial charge >= 0.3 is 0 Å². The van der Waals surface area contributed by atoms with Gasteiger partial charge in [-0.1, -0.05) is 31.9 Å². The molecule has 1 N–H and O–H groups in total. The van der Waals surface area contributed by atoms with Crippen LogP contribution in [0.5, 0.6) is 0 Å². The van der Waals surface area contributed by atoms with Gasteiger partial charge in [0.15, 0.2) is 0 Å². The number of fused-ring (bicyclic) bond motifs is 1. The van der Waals surface area contributed by atoms with Gasteiger partial charge in [-0.3, -0.25) is 9.48 Å². The monoisotopic (exact) mass is 361 g/mol. The van der Waals surface area contributed by atoms with Crippen molar-refractivity contribution >= 4 is 16.8 Å². The Morgan fingerprint density at radius 3 is 2.78 bits per heavy atom. The number of rotatable bonds is 6. The van der Waals surface area contributed by atoms with Gasteiger partial charge in [0.1, 0.15) is 11.8 Å². The van der Waals surface area contributed by atoms with Gasteiger partial charge in [0.25, 0.3) is 5.91 Å². The smallest absolute Gasteiger partial charge is 0.269 e. The summed E-state index contributed by atoms with van der Waals surface area (Å²) < 4.78 is 1.79. The number of nitrogens with zero attached hydrogens (tertiary/aromatic N) is 4. The third kappa shape index (κ3) is 3.68. The van der Waals surface area contributed by atoms with Crippen LogP contribution in [0.25, 0.3) is 22.0 Å². The molecule has 1 amide bonds. The molecule has 0 aliphatic heterocycles. The number of carbonyl (C=O) groups excluding carboxylic acids is 1. The van der Waals surface area contributed by atoms with Gasteiger partial charge in [0.2, 0.25) is 0 Å². The number of hydrogen-bond donors (Lipinski definition) is 1. The van der Waals surface area contributed by atoms with Gasteiger partial charge in [0, 0.05) is 30.2 Å². The molecule has 6 heteroatoms. The van der Waals surface area contributed by atoms with E-state index in [0.29, 0.717) is 23.3 Å². The predicted octanol–water partition coefficient (Wildman–Crippen LogP) is 3.74. The Bertz CT molecular complexity index is 1030. The van der Waals surface area contributed by atoms with E-state index in [2.05, 4.69) is 28.4 Å². The van der Waals surface area contributed by atoms with Gasteiger partial charge < -0.3 is 5.32 Å². The topological polar surface area (TPSA) is 83.6 Å². The molecule has 3 aromatic rings. The average molecular weight is 361 g/mol. The molecule has 0 fully saturated rings. The van der Waals surface area contributed by atoms with Crippen LogP contribution < -0.4 is 5.32 Å². The molecule has 27 heavy (non-hydrogen) atoms. The van der Waals surface area contributed by atoms with Crippen molar-refractivity contribution in [1.82, 2.24) is 20.1 Å². The van der Waals surface area contributed by atoms with Crippen molar-refractivity contribution in [3.8, 4) is 17.2 Å². The van der Waals surface area contributed by atoms with E-state index in [0.717, 1.165) is 41.5 Å². The zero-order chi connectivity index (χ0) is 19.4. The summed E-state index contributed by atoms with van der Waals surface area (Å²) in [6, 6.07) is 9.45. The summed E-state index contributed by atoms with van der Waals surface area (Å²) in [5.41, 5.74) is 4.09. The Morgan fingerprint density at radius 2 is 2.11 bits per heavy atom. The quantitative estimate of drug-likeness (QED) is 0.678. The lowest BCUT2D eigenvalue weighted by Crippen LogP contribution is -2.25. The van der Waals surface area contributed by atoms with E-state index in [1.165, 1.54) is 0 Å². The molecule has 2 heterocycles. The van der Waals surface area contributed by atoms with Crippen molar-refractivity contribution in [2.24, 2.45) is 7.05 Å². The van der Waals surface area contributed by atoms with Crippen LogP contribution in [-0.4, -0.2) is 27.2 Å². The molecule has 0 spiro atoms. The van der Waals surface area contributed by atoms with E-state index in [1.807, 2.05) is 26.1 Å². The van der Waals surface area contributed by atoms with Gasteiger partial charge in [-0.2, -0.15) is 10.4 Å². The molecule has 0 unspecified atom stereocenters. The van der Waals surface area contributed by atoms with E-state index < -0.39 is 0 Å². The highest BCUT2D eigenvalue weighted by Gasteiger charge is 2.17. The van der Waals surface area contributed by atoms with Crippen molar-refractivity contribution in [2.45, 2.75) is 33.1 Å². The van der Waals surface area contributed by atoms with Gasteiger partial charge in [-0.15, -0.1) is 0 Å². The van der Waals surface area contributed by atoms with Crippen molar-refractivity contribution in [3.63, 3.8) is 0 Å². The first kappa shape index (κ1) is 18.6. The highest BCUT2D eigenvalue weighted by molar-refractivity contribution is 6.03. The number of carbonyl (C=O) groups is 1. The summed E-state index contributed by atoms with van der Waals surface area (Å²) in [6.07, 6.45) is 4.89. The number of aryl methyl sites for hydroxylation is 1. The summed E-state index contributed by atoms with van der Waals surface area (Å²) in [5.74, 6) is -0.219. The third-order valence-electron chi connectivity index (χ3n) is 4.78. The molecule has 2 aromatic heterocycles. The first-order valence-electron chi connectivity index (χ1n) is 9.17. The Kier molecular flexibility index (Phi) is 5.51. The fourth-order valence-electron chi connectivity index (χ4n) is 3.11. The van der Waals surface area contributed by atoms with Gasteiger partial charge in [-0.05, 0) is 31.0 Å². The predicted molar refractivity (Wildman–Crippen MR) is 105 cm³/mol. The third-order valence-corrected chi connectivity index (χ3v) is 4.78. The van der Waals surface area contributed by atoms with Crippen LogP contribution in [0.3, 0.4) is 0 Å². The van der Waals surface area contributed by atoms with Crippen LogP contribution in [0.15, 0.2) is 30.5 Å².